The quantitative estimate of drug-likeness (QED) is 0.696. The third-order valence-electron chi connectivity index (χ3n) is 2.76. The van der Waals surface area contributed by atoms with Gasteiger partial charge in [-0.15, -0.1) is 0 Å². The topological polar surface area (TPSA) is 65.1 Å². The zero-order valence-corrected chi connectivity index (χ0v) is 9.33. The first-order valence-electron chi connectivity index (χ1n) is 5.26. The molecule has 5 heteroatoms. The van der Waals surface area contributed by atoms with Crippen LogP contribution in [0.1, 0.15) is 10.4 Å². The van der Waals surface area contributed by atoms with Gasteiger partial charge in [-0.2, -0.15) is 0 Å². The lowest BCUT2D eigenvalue weighted by molar-refractivity contribution is 0.0906. The molecule has 0 aliphatic heterocycles. The Morgan fingerprint density at radius 1 is 1.59 bits per heavy atom. The van der Waals surface area contributed by atoms with Crippen LogP contribution in [-0.2, 0) is 0 Å². The Hall–Kier alpha value is -1.72. The number of halogens is 1. The second-order valence-corrected chi connectivity index (χ2v) is 3.78. The summed E-state index contributed by atoms with van der Waals surface area (Å²) in [6.45, 7) is -0.294. The van der Waals surface area contributed by atoms with Crippen LogP contribution in [0.15, 0.2) is 24.4 Å². The molecule has 2 aromatic rings. The van der Waals surface area contributed by atoms with Gasteiger partial charge in [0.15, 0.2) is 5.78 Å². The molecule has 1 atom stereocenters. The van der Waals surface area contributed by atoms with Gasteiger partial charge in [-0.3, -0.25) is 4.79 Å². The molecule has 1 unspecified atom stereocenters. The maximum atomic E-state index is 13.1. The van der Waals surface area contributed by atoms with Crippen molar-refractivity contribution in [2.75, 3.05) is 13.7 Å². The van der Waals surface area contributed by atoms with Gasteiger partial charge in [-0.25, -0.2) is 4.39 Å². The van der Waals surface area contributed by atoms with Crippen LogP contribution in [-0.4, -0.2) is 35.6 Å². The van der Waals surface area contributed by atoms with E-state index < -0.39 is 11.9 Å². The van der Waals surface area contributed by atoms with Gasteiger partial charge >= 0.3 is 0 Å². The van der Waals surface area contributed by atoms with Gasteiger partial charge in [0, 0.05) is 22.7 Å². The summed E-state index contributed by atoms with van der Waals surface area (Å²) in [5.41, 5.74) is 1.08. The van der Waals surface area contributed by atoms with E-state index in [0.29, 0.717) is 16.5 Å². The molecule has 1 aromatic carbocycles. The number of ketones is 1. The van der Waals surface area contributed by atoms with E-state index in [1.807, 2.05) is 0 Å². The summed E-state index contributed by atoms with van der Waals surface area (Å²) < 4.78 is 13.1. The molecule has 0 radical (unpaired) electrons. The van der Waals surface area contributed by atoms with E-state index in [-0.39, 0.29) is 12.4 Å². The van der Waals surface area contributed by atoms with E-state index in [4.69, 9.17) is 5.11 Å². The molecule has 0 saturated heterocycles. The summed E-state index contributed by atoms with van der Waals surface area (Å²) in [6, 6.07) is 3.55. The van der Waals surface area contributed by atoms with Crippen LogP contribution in [0, 0.1) is 5.82 Å². The van der Waals surface area contributed by atoms with Crippen molar-refractivity contribution in [3.8, 4) is 0 Å². The lowest BCUT2D eigenvalue weighted by atomic mass is 10.0. The van der Waals surface area contributed by atoms with Crippen molar-refractivity contribution in [3.63, 3.8) is 0 Å². The monoisotopic (exact) mass is 236 g/mol. The Morgan fingerprint density at radius 2 is 2.35 bits per heavy atom. The predicted molar refractivity (Wildman–Crippen MR) is 62.5 cm³/mol. The van der Waals surface area contributed by atoms with Gasteiger partial charge in [0.1, 0.15) is 5.82 Å². The molecule has 0 fully saturated rings. The average molecular weight is 236 g/mol. The van der Waals surface area contributed by atoms with E-state index in [1.54, 1.807) is 13.1 Å². The summed E-state index contributed by atoms with van der Waals surface area (Å²) in [6.07, 6.45) is 1.53. The summed E-state index contributed by atoms with van der Waals surface area (Å²) in [7, 11) is 1.59. The smallest absolute Gasteiger partial charge is 0.184 e. The third kappa shape index (κ3) is 2.07. The number of nitrogens with one attached hydrogen (secondary N) is 2. The standard InChI is InChI=1S/C12H13FN2O2/c1-14-11(6-16)12(17)9-5-15-10-3-2-7(13)4-8(9)10/h2-5,11,14-16H,6H2,1H3. The number of carbonyl (C=O) groups is 1. The maximum Gasteiger partial charge on any atom is 0.184 e. The Kier molecular flexibility index (Phi) is 3.21. The maximum absolute atomic E-state index is 13.1. The number of benzene rings is 1. The SMILES string of the molecule is CNC(CO)C(=O)c1c[nH]c2ccc(F)cc12. The highest BCUT2D eigenvalue weighted by atomic mass is 19.1. The summed E-state index contributed by atoms with van der Waals surface area (Å²) in [4.78, 5) is 14.9. The van der Waals surface area contributed by atoms with Gasteiger partial charge in [-0.1, -0.05) is 0 Å². The fraction of sp³-hybridized carbons (Fsp3) is 0.250. The molecular weight excluding hydrogens is 223 g/mol. The van der Waals surface area contributed by atoms with Crippen molar-refractivity contribution in [2.24, 2.45) is 0 Å². The number of fused-ring (bicyclic) bond motifs is 1. The number of aliphatic hydroxyl groups is 1. The second kappa shape index (κ2) is 4.65. The highest BCUT2D eigenvalue weighted by molar-refractivity contribution is 6.10. The number of aliphatic hydroxyl groups excluding tert-OH is 1. The number of hydrogen-bond donors (Lipinski definition) is 3. The third-order valence-corrected chi connectivity index (χ3v) is 2.76. The number of likely N-dealkylation sites (N-methyl/N-ethyl adjacent to an activating group) is 1. The number of hydrogen-bond acceptors (Lipinski definition) is 3. The lowest BCUT2D eigenvalue weighted by Gasteiger charge is -2.10. The van der Waals surface area contributed by atoms with Crippen molar-refractivity contribution in [2.45, 2.75) is 6.04 Å². The molecule has 4 nitrogen and oxygen atoms in total. The molecule has 90 valence electrons. The molecule has 3 N–H and O–H groups in total. The number of Topliss-reactive ketones (excluding diaryl/α,β-unsaturated/α-hetero) is 1. The number of rotatable bonds is 4. The molecule has 0 saturated carbocycles. The van der Waals surface area contributed by atoms with Crippen LogP contribution in [0.25, 0.3) is 10.9 Å². The van der Waals surface area contributed by atoms with E-state index in [2.05, 4.69) is 10.3 Å². The van der Waals surface area contributed by atoms with Crippen molar-refractivity contribution in [1.82, 2.24) is 10.3 Å². The van der Waals surface area contributed by atoms with E-state index in [1.165, 1.54) is 18.3 Å². The number of aromatic amines is 1. The minimum Gasteiger partial charge on any atom is -0.394 e. The fourth-order valence-electron chi connectivity index (χ4n) is 1.79. The molecule has 0 aliphatic carbocycles. The van der Waals surface area contributed by atoms with Crippen LogP contribution < -0.4 is 5.32 Å². The number of carbonyl (C=O) groups excluding carboxylic acids is 1. The van der Waals surface area contributed by atoms with Crippen LogP contribution >= 0.6 is 0 Å². The highest BCUT2D eigenvalue weighted by Gasteiger charge is 2.20. The first-order chi connectivity index (χ1) is 8.17. The van der Waals surface area contributed by atoms with E-state index >= 15 is 0 Å². The second-order valence-electron chi connectivity index (χ2n) is 3.78. The fourth-order valence-corrected chi connectivity index (χ4v) is 1.79. The Bertz CT molecular complexity index is 546. The Labute approximate surface area is 97.5 Å². The summed E-state index contributed by atoms with van der Waals surface area (Å²) in [5.74, 6) is -0.650. The largest absolute Gasteiger partial charge is 0.394 e. The molecule has 2 rings (SSSR count). The first-order valence-corrected chi connectivity index (χ1v) is 5.26. The van der Waals surface area contributed by atoms with Crippen molar-refractivity contribution >= 4 is 16.7 Å². The van der Waals surface area contributed by atoms with Crippen LogP contribution in [0.5, 0.6) is 0 Å². The highest BCUT2D eigenvalue weighted by Crippen LogP contribution is 2.20. The van der Waals surface area contributed by atoms with Crippen molar-refractivity contribution in [1.29, 1.82) is 0 Å². The molecule has 0 spiro atoms. The van der Waals surface area contributed by atoms with Gasteiger partial charge < -0.3 is 15.4 Å². The normalized spacial score (nSPS) is 12.9. The first kappa shape index (κ1) is 11.8. The molecule has 1 aromatic heterocycles. The van der Waals surface area contributed by atoms with E-state index in [0.717, 1.165) is 0 Å². The van der Waals surface area contributed by atoms with Crippen molar-refractivity contribution < 1.29 is 14.3 Å². The van der Waals surface area contributed by atoms with Gasteiger partial charge in [0.2, 0.25) is 0 Å². The van der Waals surface area contributed by atoms with Crippen LogP contribution in [0.4, 0.5) is 4.39 Å². The molecule has 0 aliphatic rings. The lowest BCUT2D eigenvalue weighted by Crippen LogP contribution is -2.37. The minimum atomic E-state index is -0.669. The molecule has 1 heterocycles. The van der Waals surface area contributed by atoms with Crippen molar-refractivity contribution in [3.05, 3.63) is 35.8 Å². The predicted octanol–water partition coefficient (Wildman–Crippen LogP) is 1.07. The minimum absolute atomic E-state index is 0.258. The summed E-state index contributed by atoms with van der Waals surface area (Å²) in [5, 5.41) is 12.3. The number of H-pyrrole nitrogens is 1. The van der Waals surface area contributed by atoms with Gasteiger partial charge in [0.25, 0.3) is 0 Å². The van der Waals surface area contributed by atoms with Gasteiger partial charge in [0.05, 0.1) is 12.6 Å². The Balaban J connectivity index is 2.48. The molecule has 0 amide bonds. The van der Waals surface area contributed by atoms with E-state index in [9.17, 15) is 9.18 Å². The Morgan fingerprint density at radius 3 is 3.00 bits per heavy atom. The molecular formula is C12H13FN2O2. The average Bonchev–Trinajstić information content (AvgIpc) is 2.73. The molecule has 0 bridgehead atoms. The zero-order valence-electron chi connectivity index (χ0n) is 9.33. The van der Waals surface area contributed by atoms with Gasteiger partial charge in [-0.05, 0) is 25.2 Å². The molecule has 17 heavy (non-hydrogen) atoms. The number of aromatic nitrogens is 1. The van der Waals surface area contributed by atoms with Crippen LogP contribution in [0.3, 0.4) is 0 Å². The summed E-state index contributed by atoms with van der Waals surface area (Å²) >= 11 is 0. The van der Waals surface area contributed by atoms with Crippen LogP contribution in [0.2, 0.25) is 0 Å². The zero-order chi connectivity index (χ0) is 12.4.